The number of rotatable bonds is 5. The monoisotopic (exact) mass is 496 g/mol. The van der Waals surface area contributed by atoms with E-state index in [0.29, 0.717) is 23.1 Å². The molecule has 4 N–H and O–H groups in total. The first-order valence-electron chi connectivity index (χ1n) is 12.4. The molecule has 4 rings (SSSR count). The predicted octanol–water partition coefficient (Wildman–Crippen LogP) is 3.15. The average molecular weight is 497 g/mol. The number of fused-ring (bicyclic) bond motifs is 1. The van der Waals surface area contributed by atoms with Gasteiger partial charge in [-0.1, -0.05) is 19.9 Å². The van der Waals surface area contributed by atoms with E-state index in [1.807, 2.05) is 65.9 Å². The van der Waals surface area contributed by atoms with Gasteiger partial charge in [-0.3, -0.25) is 4.79 Å². The van der Waals surface area contributed by atoms with Gasteiger partial charge in [0.05, 0.1) is 11.4 Å². The molecule has 36 heavy (non-hydrogen) atoms. The number of nitrogen functional groups attached to an aromatic ring is 1. The highest BCUT2D eigenvalue weighted by molar-refractivity contribution is 6.13. The Bertz CT molecular complexity index is 1160. The zero-order valence-electron chi connectivity index (χ0n) is 22.6. The van der Waals surface area contributed by atoms with Crippen LogP contribution in [0.15, 0.2) is 18.5 Å². The number of piperidine rings is 1. The van der Waals surface area contributed by atoms with Crippen molar-refractivity contribution in [3.63, 3.8) is 0 Å². The van der Waals surface area contributed by atoms with E-state index in [1.165, 1.54) is 6.33 Å². The molecule has 0 saturated carbocycles. The number of nitrogens with zero attached hydrogens (tertiary/aromatic N) is 5. The number of carbonyl (C=O) groups is 2. The van der Waals surface area contributed by atoms with Crippen molar-refractivity contribution in [2.45, 2.75) is 53.0 Å². The van der Waals surface area contributed by atoms with Crippen molar-refractivity contribution in [2.24, 2.45) is 0 Å². The van der Waals surface area contributed by atoms with Gasteiger partial charge in [0.2, 0.25) is 0 Å². The maximum Gasteiger partial charge on any atom is 0.277 e. The Hall–Kier alpha value is -3.37. The Morgan fingerprint density at radius 2 is 1.92 bits per heavy atom. The fourth-order valence-corrected chi connectivity index (χ4v) is 3.96. The number of hydrogen-bond donors (Lipinski definition) is 3. The highest BCUT2D eigenvalue weighted by Gasteiger charge is 2.26. The molecule has 1 unspecified atom stereocenters. The molecule has 1 aliphatic heterocycles. The second kappa shape index (κ2) is 13.6. The summed E-state index contributed by atoms with van der Waals surface area (Å²) in [4.78, 5) is 34.5. The molecule has 1 atom stereocenters. The van der Waals surface area contributed by atoms with Gasteiger partial charge in [0.15, 0.2) is 11.3 Å². The SMILES string of the molecule is CC.CN(C)C.Cc1c(CC=O)ccc(NC(=O)c2nn(C3CCCNC3)c3ncnc(N)c23)c1C. The van der Waals surface area contributed by atoms with Crippen molar-refractivity contribution >= 4 is 34.7 Å². The first-order valence-corrected chi connectivity index (χ1v) is 12.4. The van der Waals surface area contributed by atoms with Gasteiger partial charge in [-0.25, -0.2) is 14.6 Å². The molecule has 1 aliphatic rings. The highest BCUT2D eigenvalue weighted by atomic mass is 16.2. The minimum absolute atomic E-state index is 0.101. The van der Waals surface area contributed by atoms with E-state index in [0.717, 1.165) is 48.9 Å². The maximum atomic E-state index is 13.2. The van der Waals surface area contributed by atoms with Crippen LogP contribution in [0.25, 0.3) is 11.0 Å². The van der Waals surface area contributed by atoms with Gasteiger partial charge < -0.3 is 26.1 Å². The molecule has 1 fully saturated rings. The van der Waals surface area contributed by atoms with Gasteiger partial charge in [-0.05, 0) is 77.1 Å². The highest BCUT2D eigenvalue weighted by Crippen LogP contribution is 2.28. The molecule has 1 saturated heterocycles. The van der Waals surface area contributed by atoms with Crippen molar-refractivity contribution in [3.8, 4) is 0 Å². The number of aldehydes is 1. The van der Waals surface area contributed by atoms with Crippen LogP contribution in [0.2, 0.25) is 0 Å². The summed E-state index contributed by atoms with van der Waals surface area (Å²) in [6, 6.07) is 3.76. The number of amides is 1. The third kappa shape index (κ3) is 6.86. The van der Waals surface area contributed by atoms with Crippen LogP contribution in [0.5, 0.6) is 0 Å². The summed E-state index contributed by atoms with van der Waals surface area (Å²) in [6.45, 7) is 9.59. The predicted molar refractivity (Wildman–Crippen MR) is 145 cm³/mol. The van der Waals surface area contributed by atoms with E-state index < -0.39 is 0 Å². The molecule has 0 bridgehead atoms. The minimum Gasteiger partial charge on any atom is -0.383 e. The minimum atomic E-state index is -0.366. The zero-order valence-corrected chi connectivity index (χ0v) is 22.6. The van der Waals surface area contributed by atoms with Gasteiger partial charge in [-0.2, -0.15) is 5.10 Å². The van der Waals surface area contributed by atoms with Crippen molar-refractivity contribution in [3.05, 3.63) is 40.8 Å². The lowest BCUT2D eigenvalue weighted by Crippen LogP contribution is -2.32. The second-order valence-corrected chi connectivity index (χ2v) is 8.94. The zero-order chi connectivity index (χ0) is 26.8. The lowest BCUT2D eigenvalue weighted by atomic mass is 9.99. The van der Waals surface area contributed by atoms with E-state index in [-0.39, 0.29) is 23.5 Å². The van der Waals surface area contributed by atoms with Crippen molar-refractivity contribution < 1.29 is 9.59 Å². The van der Waals surface area contributed by atoms with E-state index in [1.54, 1.807) is 4.68 Å². The molecule has 0 aliphatic carbocycles. The molecule has 3 aromatic rings. The maximum absolute atomic E-state index is 13.2. The molecule has 2 aromatic heterocycles. The molecule has 0 radical (unpaired) electrons. The van der Waals surface area contributed by atoms with E-state index in [4.69, 9.17) is 5.73 Å². The third-order valence-electron chi connectivity index (χ3n) is 5.80. The molecule has 1 amide bonds. The fraction of sp³-hybridized carbons (Fsp3) is 0.500. The van der Waals surface area contributed by atoms with E-state index in [2.05, 4.69) is 25.7 Å². The quantitative estimate of drug-likeness (QED) is 0.459. The molecular formula is C26H40N8O2. The van der Waals surface area contributed by atoms with Gasteiger partial charge in [-0.15, -0.1) is 0 Å². The van der Waals surface area contributed by atoms with Crippen LogP contribution in [0.4, 0.5) is 11.5 Å². The van der Waals surface area contributed by atoms with Gasteiger partial charge >= 0.3 is 0 Å². The van der Waals surface area contributed by atoms with Gasteiger partial charge in [0.25, 0.3) is 5.91 Å². The summed E-state index contributed by atoms with van der Waals surface area (Å²) in [7, 11) is 6.00. The normalized spacial score (nSPS) is 14.9. The van der Waals surface area contributed by atoms with Gasteiger partial charge in [0.1, 0.15) is 18.4 Å². The topological polar surface area (TPSA) is 131 Å². The summed E-state index contributed by atoms with van der Waals surface area (Å²) in [5.74, 6) is -0.135. The Kier molecular flexibility index (Phi) is 10.9. The number of aromatic nitrogens is 4. The molecule has 10 nitrogen and oxygen atoms in total. The fourth-order valence-electron chi connectivity index (χ4n) is 3.96. The van der Waals surface area contributed by atoms with Crippen LogP contribution in [0.1, 0.15) is 59.9 Å². The number of hydrogen-bond acceptors (Lipinski definition) is 8. The number of carbonyl (C=O) groups excluding carboxylic acids is 2. The van der Waals surface area contributed by atoms with Crippen LogP contribution >= 0.6 is 0 Å². The smallest absolute Gasteiger partial charge is 0.277 e. The standard InChI is InChI=1S/C21H25N7O2.C3H9N.C2H6/c1-12-13(2)16(6-5-14(12)7-9-29)26-21(30)18-17-19(22)24-11-25-20(17)28(27-18)15-4-3-8-23-10-15;1-4(2)3;1-2/h5-6,9,11,15,23H,3-4,7-8,10H2,1-2H3,(H,26,30)(H2,22,24,25);1-3H3;1-2H3. The van der Waals surface area contributed by atoms with Crippen molar-refractivity contribution in [1.29, 1.82) is 0 Å². The first kappa shape index (κ1) is 28.9. The second-order valence-electron chi connectivity index (χ2n) is 8.94. The number of nitrogens with one attached hydrogen (secondary N) is 2. The molecular weight excluding hydrogens is 456 g/mol. The van der Waals surface area contributed by atoms with Crippen molar-refractivity contribution in [2.75, 3.05) is 45.3 Å². The first-order chi connectivity index (χ1) is 17.2. The Balaban J connectivity index is 0.000000694. The molecule has 0 spiro atoms. The van der Waals surface area contributed by atoms with Crippen LogP contribution in [0.3, 0.4) is 0 Å². The summed E-state index contributed by atoms with van der Waals surface area (Å²) >= 11 is 0. The molecule has 3 heterocycles. The van der Waals surface area contributed by atoms with E-state index >= 15 is 0 Å². The number of nitrogens with two attached hydrogens (primary N) is 1. The van der Waals surface area contributed by atoms with E-state index in [9.17, 15) is 9.59 Å². The van der Waals surface area contributed by atoms with Crippen LogP contribution < -0.4 is 16.4 Å². The number of benzene rings is 1. The third-order valence-corrected chi connectivity index (χ3v) is 5.80. The number of anilines is 2. The Morgan fingerprint density at radius 3 is 2.53 bits per heavy atom. The van der Waals surface area contributed by atoms with Crippen LogP contribution in [-0.4, -0.2) is 71.1 Å². The lowest BCUT2D eigenvalue weighted by molar-refractivity contribution is -0.107. The Labute approximate surface area is 213 Å². The Morgan fingerprint density at radius 1 is 1.22 bits per heavy atom. The average Bonchev–Trinajstić information content (AvgIpc) is 3.26. The summed E-state index contributed by atoms with van der Waals surface area (Å²) < 4.78 is 1.79. The lowest BCUT2D eigenvalue weighted by Gasteiger charge is -2.23. The van der Waals surface area contributed by atoms with Gasteiger partial charge in [0, 0.05) is 18.7 Å². The van der Waals surface area contributed by atoms with Crippen molar-refractivity contribution in [1.82, 2.24) is 30.0 Å². The molecule has 1 aromatic carbocycles. The van der Waals surface area contributed by atoms with Crippen LogP contribution in [0, 0.1) is 13.8 Å². The summed E-state index contributed by atoms with van der Waals surface area (Å²) in [5.41, 5.74) is 10.4. The molecule has 196 valence electrons. The van der Waals surface area contributed by atoms with Crippen LogP contribution in [-0.2, 0) is 11.2 Å². The summed E-state index contributed by atoms with van der Waals surface area (Å²) in [6.07, 6.45) is 4.60. The largest absolute Gasteiger partial charge is 0.383 e. The summed E-state index contributed by atoms with van der Waals surface area (Å²) in [5, 5.41) is 11.4. The molecule has 10 heteroatoms.